The summed E-state index contributed by atoms with van der Waals surface area (Å²) in [5, 5.41) is 0. The Balaban J connectivity index is 0.000000693. The summed E-state index contributed by atoms with van der Waals surface area (Å²) in [7, 11) is 0. The summed E-state index contributed by atoms with van der Waals surface area (Å²) in [4.78, 5) is 0. The molecule has 22 heavy (non-hydrogen) atoms. The van der Waals surface area contributed by atoms with Crippen molar-refractivity contribution in [2.75, 3.05) is 0 Å². The van der Waals surface area contributed by atoms with Gasteiger partial charge in [-0.3, -0.25) is 0 Å². The van der Waals surface area contributed by atoms with Crippen molar-refractivity contribution in [1.82, 2.24) is 0 Å². The van der Waals surface area contributed by atoms with Gasteiger partial charge in [-0.25, -0.2) is 0 Å². The van der Waals surface area contributed by atoms with Gasteiger partial charge in [0, 0.05) is 0 Å². The first-order valence-corrected chi connectivity index (χ1v) is 7.89. The Morgan fingerprint density at radius 2 is 0.909 bits per heavy atom. The molecule has 0 heterocycles. The van der Waals surface area contributed by atoms with Crippen molar-refractivity contribution in [3.8, 4) is 11.1 Å². The van der Waals surface area contributed by atoms with Crippen LogP contribution in [0.25, 0.3) is 22.8 Å². The van der Waals surface area contributed by atoms with Crippen molar-refractivity contribution in [2.45, 2.75) is 13.8 Å². The van der Waals surface area contributed by atoms with E-state index in [1.54, 1.807) is 0 Å². The second kappa shape index (κ2) is 6.44. The van der Waals surface area contributed by atoms with Gasteiger partial charge in [-0.2, -0.15) is 0 Å². The monoisotopic (exact) mass is 284 g/mol. The first-order valence-electron chi connectivity index (χ1n) is 7.89. The first kappa shape index (κ1) is 14.3. The van der Waals surface area contributed by atoms with Crippen LogP contribution < -0.4 is 0 Å². The van der Waals surface area contributed by atoms with Gasteiger partial charge in [0.25, 0.3) is 0 Å². The Kier molecular flexibility index (Phi) is 4.20. The topological polar surface area (TPSA) is 0 Å². The maximum Gasteiger partial charge on any atom is -0.00930 e. The highest BCUT2D eigenvalue weighted by Crippen LogP contribution is 2.44. The molecule has 0 saturated carbocycles. The minimum atomic E-state index is 1.24. The predicted octanol–water partition coefficient (Wildman–Crippen LogP) is 6.28. The normalized spacial score (nSPS) is 11.1. The molecule has 0 aromatic heterocycles. The van der Waals surface area contributed by atoms with Crippen LogP contribution in [0, 0.1) is 0 Å². The molecule has 0 heteroatoms. The van der Waals surface area contributed by atoms with Gasteiger partial charge in [-0.1, -0.05) is 92.7 Å². The summed E-state index contributed by atoms with van der Waals surface area (Å²) in [6.45, 7) is 4.00. The lowest BCUT2D eigenvalue weighted by atomic mass is 10.0. The highest BCUT2D eigenvalue weighted by Gasteiger charge is 2.21. The van der Waals surface area contributed by atoms with Crippen molar-refractivity contribution in [1.29, 1.82) is 0 Å². The molecule has 0 atom stereocenters. The minimum Gasteiger partial charge on any atom is -0.0683 e. The number of benzene rings is 3. The van der Waals surface area contributed by atoms with E-state index >= 15 is 0 Å². The van der Waals surface area contributed by atoms with Crippen LogP contribution in [0.15, 0.2) is 78.9 Å². The Morgan fingerprint density at radius 3 is 1.41 bits per heavy atom. The molecule has 0 bridgehead atoms. The van der Waals surface area contributed by atoms with Gasteiger partial charge in [-0.15, -0.1) is 0 Å². The third-order valence-corrected chi connectivity index (χ3v) is 3.84. The zero-order chi connectivity index (χ0) is 15.4. The highest BCUT2D eigenvalue weighted by molar-refractivity contribution is 6.06. The molecule has 0 fully saturated rings. The van der Waals surface area contributed by atoms with Crippen LogP contribution in [-0.2, 0) is 0 Å². The molecule has 3 aromatic carbocycles. The first-order chi connectivity index (χ1) is 10.9. The van der Waals surface area contributed by atoms with Gasteiger partial charge in [0.05, 0.1) is 0 Å². The molecule has 0 radical (unpaired) electrons. The molecule has 0 amide bonds. The van der Waals surface area contributed by atoms with Crippen molar-refractivity contribution in [3.63, 3.8) is 0 Å². The average molecular weight is 284 g/mol. The number of fused-ring (bicyclic) bond motifs is 3. The van der Waals surface area contributed by atoms with Crippen molar-refractivity contribution < 1.29 is 0 Å². The van der Waals surface area contributed by atoms with E-state index in [1.165, 1.54) is 33.4 Å². The number of rotatable bonds is 1. The summed E-state index contributed by atoms with van der Waals surface area (Å²) >= 11 is 0. The molecule has 0 aliphatic heterocycles. The maximum absolute atomic E-state index is 2.28. The minimum absolute atomic E-state index is 1.24. The summed E-state index contributed by atoms with van der Waals surface area (Å²) in [5.74, 6) is 0. The van der Waals surface area contributed by atoms with Crippen molar-refractivity contribution in [3.05, 3.63) is 95.6 Å². The van der Waals surface area contributed by atoms with E-state index in [1.807, 2.05) is 13.8 Å². The van der Waals surface area contributed by atoms with Gasteiger partial charge in [0.1, 0.15) is 0 Å². The third kappa shape index (κ3) is 2.48. The van der Waals surface area contributed by atoms with Crippen LogP contribution in [0.3, 0.4) is 0 Å². The fraction of sp³-hybridized carbons (Fsp3) is 0.0909. The Labute approximate surface area is 132 Å². The van der Waals surface area contributed by atoms with E-state index in [4.69, 9.17) is 0 Å². The maximum atomic E-state index is 2.28. The molecule has 0 nitrogen and oxygen atoms in total. The van der Waals surface area contributed by atoms with Gasteiger partial charge < -0.3 is 0 Å². The van der Waals surface area contributed by atoms with E-state index in [2.05, 4.69) is 84.9 Å². The molecule has 0 spiro atoms. The average Bonchev–Trinajstić information content (AvgIpc) is 2.92. The predicted molar refractivity (Wildman–Crippen MR) is 96.6 cm³/mol. The molecule has 108 valence electrons. The molecular formula is C22H20. The molecule has 1 aliphatic rings. The number of hydrogen-bond acceptors (Lipinski definition) is 0. The Bertz CT molecular complexity index is 748. The van der Waals surface area contributed by atoms with Gasteiger partial charge >= 0.3 is 0 Å². The summed E-state index contributed by atoms with van der Waals surface area (Å²) in [6, 6.07) is 27.8. The SMILES string of the molecule is C(=C1c2ccccc2-c2ccccc21)c1ccccc1.CC. The molecular weight excluding hydrogens is 264 g/mol. The van der Waals surface area contributed by atoms with E-state index in [0.29, 0.717) is 0 Å². The Hall–Kier alpha value is -2.60. The van der Waals surface area contributed by atoms with E-state index in [9.17, 15) is 0 Å². The lowest BCUT2D eigenvalue weighted by molar-refractivity contribution is 1.50. The van der Waals surface area contributed by atoms with Crippen LogP contribution in [-0.4, -0.2) is 0 Å². The molecule has 0 saturated heterocycles. The zero-order valence-electron chi connectivity index (χ0n) is 13.1. The molecule has 1 aliphatic carbocycles. The fourth-order valence-corrected chi connectivity index (χ4v) is 2.92. The van der Waals surface area contributed by atoms with Crippen molar-refractivity contribution >= 4 is 11.6 Å². The Morgan fingerprint density at radius 1 is 0.500 bits per heavy atom. The van der Waals surface area contributed by atoms with E-state index in [0.717, 1.165) is 0 Å². The molecule has 0 N–H and O–H groups in total. The van der Waals surface area contributed by atoms with Gasteiger partial charge in [0.2, 0.25) is 0 Å². The quantitative estimate of drug-likeness (QED) is 0.386. The second-order valence-corrected chi connectivity index (χ2v) is 5.06. The zero-order valence-corrected chi connectivity index (χ0v) is 13.1. The largest absolute Gasteiger partial charge is 0.0683 e. The van der Waals surface area contributed by atoms with Crippen LogP contribution in [0.2, 0.25) is 0 Å². The molecule has 3 aromatic rings. The van der Waals surface area contributed by atoms with Crippen LogP contribution in [0.4, 0.5) is 0 Å². The summed E-state index contributed by atoms with van der Waals surface area (Å²) in [6.07, 6.45) is 2.28. The fourth-order valence-electron chi connectivity index (χ4n) is 2.92. The van der Waals surface area contributed by atoms with Crippen LogP contribution >= 0.6 is 0 Å². The standard InChI is InChI=1S/C20H14.C2H6/c1-2-8-15(9-3-1)14-20-18-12-6-4-10-16(18)17-11-5-7-13-19(17)20;1-2/h1-14H;1-2H3. The second-order valence-electron chi connectivity index (χ2n) is 5.06. The lowest BCUT2D eigenvalue weighted by Gasteiger charge is -2.02. The van der Waals surface area contributed by atoms with Gasteiger partial charge in [-0.05, 0) is 39.5 Å². The molecule has 0 unspecified atom stereocenters. The van der Waals surface area contributed by atoms with Crippen molar-refractivity contribution in [2.24, 2.45) is 0 Å². The van der Waals surface area contributed by atoms with Crippen LogP contribution in [0.1, 0.15) is 30.5 Å². The van der Waals surface area contributed by atoms with Crippen LogP contribution in [0.5, 0.6) is 0 Å². The summed E-state index contributed by atoms with van der Waals surface area (Å²) < 4.78 is 0. The lowest BCUT2D eigenvalue weighted by Crippen LogP contribution is -1.81. The molecule has 4 rings (SSSR count). The van der Waals surface area contributed by atoms with Gasteiger partial charge in [0.15, 0.2) is 0 Å². The van der Waals surface area contributed by atoms with E-state index in [-0.39, 0.29) is 0 Å². The smallest absolute Gasteiger partial charge is 0.00930 e. The number of hydrogen-bond donors (Lipinski definition) is 0. The third-order valence-electron chi connectivity index (χ3n) is 3.84. The summed E-state index contributed by atoms with van der Waals surface area (Å²) in [5.41, 5.74) is 7.90. The van der Waals surface area contributed by atoms with E-state index < -0.39 is 0 Å². The highest BCUT2D eigenvalue weighted by atomic mass is 14.2.